The van der Waals surface area contributed by atoms with Gasteiger partial charge < -0.3 is 10.6 Å². The molecule has 26 heavy (non-hydrogen) atoms. The van der Waals surface area contributed by atoms with E-state index in [0.29, 0.717) is 35.5 Å². The van der Waals surface area contributed by atoms with Gasteiger partial charge in [0.2, 0.25) is 0 Å². The van der Waals surface area contributed by atoms with E-state index in [1.807, 2.05) is 0 Å². The van der Waals surface area contributed by atoms with Gasteiger partial charge in [0.15, 0.2) is 15.8 Å². The summed E-state index contributed by atoms with van der Waals surface area (Å²) in [4.78, 5) is 4.81. The van der Waals surface area contributed by atoms with Crippen molar-refractivity contribution in [3.8, 4) is 0 Å². The summed E-state index contributed by atoms with van der Waals surface area (Å²) in [5.74, 6) is 1.75. The van der Waals surface area contributed by atoms with Crippen molar-refractivity contribution in [2.45, 2.75) is 83.7 Å². The van der Waals surface area contributed by atoms with Gasteiger partial charge in [0.05, 0.1) is 11.5 Å². The first-order chi connectivity index (χ1) is 11.8. The molecule has 3 rings (SSSR count). The van der Waals surface area contributed by atoms with Crippen LogP contribution in [-0.4, -0.2) is 44.5 Å². The monoisotopic (exact) mass is 497 g/mol. The highest BCUT2D eigenvalue weighted by Gasteiger charge is 2.30. The normalized spacial score (nSPS) is 31.4. The number of hydrogen-bond donors (Lipinski definition) is 2. The van der Waals surface area contributed by atoms with Crippen molar-refractivity contribution >= 4 is 39.8 Å². The Balaban J connectivity index is 0.00000243. The van der Waals surface area contributed by atoms with E-state index in [4.69, 9.17) is 4.99 Å². The summed E-state index contributed by atoms with van der Waals surface area (Å²) >= 11 is 0. The average molecular weight is 497 g/mol. The van der Waals surface area contributed by atoms with E-state index < -0.39 is 9.84 Å². The van der Waals surface area contributed by atoms with Gasteiger partial charge >= 0.3 is 0 Å². The molecular weight excluding hydrogens is 461 g/mol. The summed E-state index contributed by atoms with van der Waals surface area (Å²) in [5, 5.41) is 7.30. The lowest BCUT2D eigenvalue weighted by molar-refractivity contribution is 0.210. The molecule has 0 amide bonds. The zero-order chi connectivity index (χ0) is 17.9. The molecule has 0 aromatic heterocycles. The van der Waals surface area contributed by atoms with E-state index in [1.54, 1.807) is 0 Å². The number of guanidine groups is 1. The smallest absolute Gasteiger partial charge is 0.191 e. The minimum atomic E-state index is -2.82. The number of hydrogen-bond acceptors (Lipinski definition) is 3. The van der Waals surface area contributed by atoms with Gasteiger partial charge in [0, 0.05) is 18.6 Å². The van der Waals surface area contributed by atoms with Crippen LogP contribution >= 0.6 is 24.0 Å². The van der Waals surface area contributed by atoms with Crippen LogP contribution in [0.25, 0.3) is 0 Å². The Morgan fingerprint density at radius 3 is 2.31 bits per heavy atom. The Morgan fingerprint density at radius 2 is 1.69 bits per heavy atom. The van der Waals surface area contributed by atoms with Crippen LogP contribution in [-0.2, 0) is 9.84 Å². The van der Waals surface area contributed by atoms with E-state index in [9.17, 15) is 8.42 Å². The molecule has 2 N–H and O–H groups in total. The number of rotatable bonds is 4. The fraction of sp³-hybridized carbons (Fsp3) is 0.947. The van der Waals surface area contributed by atoms with Crippen LogP contribution in [0.2, 0.25) is 0 Å². The molecule has 1 aliphatic heterocycles. The summed E-state index contributed by atoms with van der Waals surface area (Å²) < 4.78 is 23.3. The lowest BCUT2D eigenvalue weighted by atomic mass is 9.75. The van der Waals surface area contributed by atoms with Gasteiger partial charge in [-0.15, -0.1) is 24.0 Å². The number of aliphatic imine (C=N–C) groups is 1. The molecule has 7 heteroatoms. The van der Waals surface area contributed by atoms with Gasteiger partial charge in [0.1, 0.15) is 0 Å². The van der Waals surface area contributed by atoms with Crippen molar-refractivity contribution in [3.05, 3.63) is 0 Å². The van der Waals surface area contributed by atoms with Crippen molar-refractivity contribution in [3.63, 3.8) is 0 Å². The van der Waals surface area contributed by atoms with E-state index in [-0.39, 0.29) is 29.9 Å². The summed E-state index contributed by atoms with van der Waals surface area (Å²) in [6.07, 6.45) is 10.7. The second-order valence-corrected chi connectivity index (χ2v) is 11.4. The SMILES string of the molecule is CC1(C)CCCC(NC(=NCC2CCS(=O)(=O)C2)NC2CCCC2)C1.I. The first-order valence-corrected chi connectivity index (χ1v) is 11.9. The Labute approximate surface area is 176 Å². The third-order valence-corrected chi connectivity index (χ3v) is 7.91. The van der Waals surface area contributed by atoms with E-state index in [0.717, 1.165) is 12.4 Å². The first-order valence-electron chi connectivity index (χ1n) is 10.1. The summed E-state index contributed by atoms with van der Waals surface area (Å²) in [5.41, 5.74) is 0.397. The molecule has 3 aliphatic rings. The van der Waals surface area contributed by atoms with Gasteiger partial charge in [-0.05, 0) is 49.9 Å². The van der Waals surface area contributed by atoms with Crippen LogP contribution in [0.1, 0.15) is 71.6 Å². The van der Waals surface area contributed by atoms with E-state index >= 15 is 0 Å². The molecule has 1 saturated heterocycles. The molecule has 0 radical (unpaired) electrons. The predicted molar refractivity (Wildman–Crippen MR) is 119 cm³/mol. The number of nitrogens with one attached hydrogen (secondary N) is 2. The molecule has 0 spiro atoms. The highest BCUT2D eigenvalue weighted by molar-refractivity contribution is 14.0. The standard InChI is InChI=1S/C19H35N3O2S.HI/c1-19(2)10-5-8-17(12-19)22-18(21-16-6-3-4-7-16)20-13-15-9-11-25(23,24)14-15;/h15-17H,3-14H2,1-2H3,(H2,20,21,22);1H. The summed E-state index contributed by atoms with van der Waals surface area (Å²) in [7, 11) is -2.82. The second-order valence-electron chi connectivity index (χ2n) is 9.19. The Kier molecular flexibility index (Phi) is 8.07. The predicted octanol–water partition coefficient (Wildman–Crippen LogP) is 3.49. The maximum Gasteiger partial charge on any atom is 0.191 e. The highest BCUT2D eigenvalue weighted by Crippen LogP contribution is 2.35. The minimum absolute atomic E-state index is 0. The molecule has 1 heterocycles. The van der Waals surface area contributed by atoms with E-state index in [1.165, 1.54) is 51.4 Å². The molecule has 0 aromatic carbocycles. The maximum atomic E-state index is 11.7. The number of halogens is 1. The molecule has 5 nitrogen and oxygen atoms in total. The van der Waals surface area contributed by atoms with Gasteiger partial charge in [-0.1, -0.05) is 33.1 Å². The topological polar surface area (TPSA) is 70.6 Å². The number of nitrogens with zero attached hydrogens (tertiary/aromatic N) is 1. The zero-order valence-electron chi connectivity index (χ0n) is 16.3. The lowest BCUT2D eigenvalue weighted by Gasteiger charge is -2.36. The largest absolute Gasteiger partial charge is 0.354 e. The average Bonchev–Trinajstić information content (AvgIpc) is 3.13. The number of sulfone groups is 1. The second kappa shape index (κ2) is 9.43. The molecule has 2 unspecified atom stereocenters. The molecule has 2 saturated carbocycles. The molecule has 0 bridgehead atoms. The lowest BCUT2D eigenvalue weighted by Crippen LogP contribution is -2.49. The zero-order valence-corrected chi connectivity index (χ0v) is 19.4. The summed E-state index contributed by atoms with van der Waals surface area (Å²) in [6, 6.07) is 0.999. The minimum Gasteiger partial charge on any atom is -0.354 e. The molecule has 2 aliphatic carbocycles. The van der Waals surface area contributed by atoms with Crippen LogP contribution < -0.4 is 10.6 Å². The van der Waals surface area contributed by atoms with Crippen LogP contribution in [0.3, 0.4) is 0 Å². The van der Waals surface area contributed by atoms with Crippen molar-refractivity contribution in [1.29, 1.82) is 0 Å². The third kappa shape index (κ3) is 6.84. The Morgan fingerprint density at radius 1 is 1.04 bits per heavy atom. The van der Waals surface area contributed by atoms with Gasteiger partial charge in [-0.2, -0.15) is 0 Å². The van der Waals surface area contributed by atoms with Crippen molar-refractivity contribution in [2.24, 2.45) is 16.3 Å². The van der Waals surface area contributed by atoms with Crippen molar-refractivity contribution in [1.82, 2.24) is 10.6 Å². The third-order valence-electron chi connectivity index (χ3n) is 6.08. The molecule has 152 valence electrons. The van der Waals surface area contributed by atoms with Crippen molar-refractivity contribution < 1.29 is 8.42 Å². The Hall–Kier alpha value is -0.0500. The van der Waals surface area contributed by atoms with Crippen LogP contribution in [0, 0.1) is 11.3 Å². The molecular formula is C19H36IN3O2S. The van der Waals surface area contributed by atoms with Crippen molar-refractivity contribution in [2.75, 3.05) is 18.1 Å². The molecule has 3 fully saturated rings. The Bertz CT molecular complexity index is 586. The fourth-order valence-corrected chi connectivity index (χ4v) is 6.50. The maximum absolute atomic E-state index is 11.7. The summed E-state index contributed by atoms with van der Waals surface area (Å²) in [6.45, 7) is 5.33. The van der Waals surface area contributed by atoms with Crippen LogP contribution in [0.4, 0.5) is 0 Å². The first kappa shape index (κ1) is 22.2. The van der Waals surface area contributed by atoms with Gasteiger partial charge in [0.25, 0.3) is 0 Å². The molecule has 0 aromatic rings. The van der Waals surface area contributed by atoms with Crippen LogP contribution in [0.5, 0.6) is 0 Å². The van der Waals surface area contributed by atoms with E-state index in [2.05, 4.69) is 24.5 Å². The molecule has 2 atom stereocenters. The quantitative estimate of drug-likeness (QED) is 0.355. The van der Waals surface area contributed by atoms with Gasteiger partial charge in [-0.25, -0.2) is 8.42 Å². The van der Waals surface area contributed by atoms with Crippen LogP contribution in [0.15, 0.2) is 4.99 Å². The fourth-order valence-electron chi connectivity index (χ4n) is 4.65. The van der Waals surface area contributed by atoms with Gasteiger partial charge in [-0.3, -0.25) is 4.99 Å². The highest BCUT2D eigenvalue weighted by atomic mass is 127.